The molecule has 2 rings (SSSR count). The summed E-state index contributed by atoms with van der Waals surface area (Å²) in [6.07, 6.45) is 0. The number of aryl methyl sites for hydroxylation is 1. The number of carbonyl (C=O) groups is 2. The summed E-state index contributed by atoms with van der Waals surface area (Å²) >= 11 is 5.75. The van der Waals surface area contributed by atoms with Crippen LogP contribution in [0.15, 0.2) is 34.9 Å². The first-order valence-electron chi connectivity index (χ1n) is 6.31. The maximum absolute atomic E-state index is 11.8. The van der Waals surface area contributed by atoms with Crippen molar-refractivity contribution >= 4 is 23.4 Å². The van der Waals surface area contributed by atoms with E-state index >= 15 is 0 Å². The fourth-order valence-electron chi connectivity index (χ4n) is 1.62. The van der Waals surface area contributed by atoms with E-state index in [2.05, 4.69) is 15.8 Å². The van der Waals surface area contributed by atoms with Crippen LogP contribution in [-0.4, -0.2) is 30.1 Å². The Labute approximate surface area is 126 Å². The fourth-order valence-corrected chi connectivity index (χ4v) is 1.75. The van der Waals surface area contributed by atoms with Crippen molar-refractivity contribution in [2.45, 2.75) is 6.92 Å². The van der Waals surface area contributed by atoms with E-state index in [1.165, 1.54) is 0 Å². The van der Waals surface area contributed by atoms with Gasteiger partial charge in [0, 0.05) is 29.7 Å². The minimum Gasteiger partial charge on any atom is -0.361 e. The molecular formula is C14H14ClN3O3. The van der Waals surface area contributed by atoms with Crippen LogP contribution in [-0.2, 0) is 0 Å². The van der Waals surface area contributed by atoms with Crippen molar-refractivity contribution < 1.29 is 14.1 Å². The Morgan fingerprint density at radius 1 is 1.14 bits per heavy atom. The lowest BCUT2D eigenvalue weighted by molar-refractivity contribution is 0.0922. The molecule has 0 fully saturated rings. The van der Waals surface area contributed by atoms with E-state index < -0.39 is 0 Å². The Morgan fingerprint density at radius 2 is 1.76 bits per heavy atom. The van der Waals surface area contributed by atoms with Crippen LogP contribution in [0.2, 0.25) is 5.02 Å². The van der Waals surface area contributed by atoms with Crippen molar-refractivity contribution in [1.29, 1.82) is 0 Å². The van der Waals surface area contributed by atoms with E-state index in [9.17, 15) is 9.59 Å². The average Bonchev–Trinajstić information content (AvgIpc) is 2.90. The number of halogens is 1. The van der Waals surface area contributed by atoms with Crippen molar-refractivity contribution in [3.63, 3.8) is 0 Å². The molecule has 0 aliphatic heterocycles. The minimum atomic E-state index is -0.340. The van der Waals surface area contributed by atoms with Gasteiger partial charge >= 0.3 is 0 Å². The predicted octanol–water partition coefficient (Wildman–Crippen LogP) is 1.80. The summed E-state index contributed by atoms with van der Waals surface area (Å²) < 4.78 is 4.81. The molecule has 2 N–H and O–H groups in total. The van der Waals surface area contributed by atoms with Crippen LogP contribution in [0.25, 0.3) is 0 Å². The van der Waals surface area contributed by atoms with Gasteiger partial charge in [0.1, 0.15) is 5.76 Å². The number of aromatic nitrogens is 1. The molecule has 0 unspecified atom stereocenters. The zero-order chi connectivity index (χ0) is 15.2. The average molecular weight is 308 g/mol. The van der Waals surface area contributed by atoms with E-state index in [0.29, 0.717) is 29.4 Å². The molecule has 0 saturated heterocycles. The minimum absolute atomic E-state index is 0.219. The molecule has 7 heteroatoms. The molecule has 0 atom stereocenters. The van der Waals surface area contributed by atoms with Gasteiger partial charge in [-0.15, -0.1) is 0 Å². The molecule has 0 bridgehead atoms. The molecule has 1 aromatic carbocycles. The van der Waals surface area contributed by atoms with Gasteiger partial charge in [0.25, 0.3) is 11.8 Å². The smallest absolute Gasteiger partial charge is 0.273 e. The largest absolute Gasteiger partial charge is 0.361 e. The Balaban J connectivity index is 1.73. The zero-order valence-corrected chi connectivity index (χ0v) is 12.1. The van der Waals surface area contributed by atoms with Crippen LogP contribution in [0.3, 0.4) is 0 Å². The first-order chi connectivity index (χ1) is 10.1. The van der Waals surface area contributed by atoms with Gasteiger partial charge in [-0.25, -0.2) is 0 Å². The van der Waals surface area contributed by atoms with Crippen LogP contribution in [0.4, 0.5) is 0 Å². The lowest BCUT2D eigenvalue weighted by Gasteiger charge is -2.06. The van der Waals surface area contributed by atoms with Crippen LogP contribution in [0, 0.1) is 6.92 Å². The molecule has 1 heterocycles. The molecule has 0 spiro atoms. The number of nitrogens with zero attached hydrogens (tertiary/aromatic N) is 1. The third kappa shape index (κ3) is 4.32. The van der Waals surface area contributed by atoms with Gasteiger partial charge in [0.15, 0.2) is 5.69 Å². The molecule has 0 aliphatic rings. The number of hydrogen-bond acceptors (Lipinski definition) is 4. The zero-order valence-electron chi connectivity index (χ0n) is 11.4. The number of hydrogen-bond donors (Lipinski definition) is 2. The standard InChI is InChI=1S/C14H14ClN3O3/c1-9-8-12(18-21-9)14(20)17-7-6-16-13(19)10-2-4-11(15)5-3-10/h2-5,8H,6-7H2,1H3,(H,16,19)(H,17,20). The Hall–Kier alpha value is -2.34. The van der Waals surface area contributed by atoms with Crippen molar-refractivity contribution in [2.24, 2.45) is 0 Å². The summed E-state index contributed by atoms with van der Waals surface area (Å²) in [5, 5.41) is 9.49. The molecule has 2 aromatic rings. The second kappa shape index (κ2) is 6.90. The van der Waals surface area contributed by atoms with E-state index in [1.54, 1.807) is 37.3 Å². The SMILES string of the molecule is Cc1cc(C(=O)NCCNC(=O)c2ccc(Cl)cc2)no1. The summed E-state index contributed by atoms with van der Waals surface area (Å²) in [6.45, 7) is 2.31. The molecule has 110 valence electrons. The highest BCUT2D eigenvalue weighted by Gasteiger charge is 2.10. The number of carbonyl (C=O) groups excluding carboxylic acids is 2. The third-order valence-electron chi connectivity index (χ3n) is 2.66. The fraction of sp³-hybridized carbons (Fsp3) is 0.214. The van der Waals surface area contributed by atoms with Gasteiger partial charge in [-0.2, -0.15) is 0 Å². The second-order valence-electron chi connectivity index (χ2n) is 4.34. The lowest BCUT2D eigenvalue weighted by atomic mass is 10.2. The van der Waals surface area contributed by atoms with Gasteiger partial charge in [-0.3, -0.25) is 9.59 Å². The highest BCUT2D eigenvalue weighted by molar-refractivity contribution is 6.30. The molecule has 1 aromatic heterocycles. The highest BCUT2D eigenvalue weighted by atomic mass is 35.5. The summed E-state index contributed by atoms with van der Waals surface area (Å²) in [5.41, 5.74) is 0.731. The van der Waals surface area contributed by atoms with Crippen LogP contribution < -0.4 is 10.6 Å². The van der Waals surface area contributed by atoms with Gasteiger partial charge in [-0.1, -0.05) is 16.8 Å². The topological polar surface area (TPSA) is 84.2 Å². The van der Waals surface area contributed by atoms with Crippen LogP contribution >= 0.6 is 11.6 Å². The van der Waals surface area contributed by atoms with Gasteiger partial charge < -0.3 is 15.2 Å². The molecule has 0 aliphatic carbocycles. The summed E-state index contributed by atoms with van der Waals surface area (Å²) in [6, 6.07) is 8.10. The molecule has 0 saturated carbocycles. The van der Waals surface area contributed by atoms with Gasteiger partial charge in [0.2, 0.25) is 0 Å². The predicted molar refractivity (Wildman–Crippen MR) is 77.4 cm³/mol. The highest BCUT2D eigenvalue weighted by Crippen LogP contribution is 2.09. The van der Waals surface area contributed by atoms with E-state index in [1.807, 2.05) is 0 Å². The molecule has 2 amide bonds. The molecule has 21 heavy (non-hydrogen) atoms. The molecule has 6 nitrogen and oxygen atoms in total. The molecule has 0 radical (unpaired) electrons. The third-order valence-corrected chi connectivity index (χ3v) is 2.92. The van der Waals surface area contributed by atoms with E-state index in [0.717, 1.165) is 0 Å². The Bertz CT molecular complexity index is 637. The normalized spacial score (nSPS) is 10.2. The lowest BCUT2D eigenvalue weighted by Crippen LogP contribution is -2.34. The Kier molecular flexibility index (Phi) is 4.94. The van der Waals surface area contributed by atoms with E-state index in [-0.39, 0.29) is 17.5 Å². The second-order valence-corrected chi connectivity index (χ2v) is 4.78. The van der Waals surface area contributed by atoms with Crippen LogP contribution in [0.5, 0.6) is 0 Å². The van der Waals surface area contributed by atoms with E-state index in [4.69, 9.17) is 16.1 Å². The maximum Gasteiger partial charge on any atom is 0.273 e. The summed E-state index contributed by atoms with van der Waals surface area (Å²) in [7, 11) is 0. The monoisotopic (exact) mass is 307 g/mol. The number of benzene rings is 1. The van der Waals surface area contributed by atoms with Crippen molar-refractivity contribution in [2.75, 3.05) is 13.1 Å². The summed E-state index contributed by atoms with van der Waals surface area (Å²) in [5.74, 6) is 0.00183. The van der Waals surface area contributed by atoms with Crippen molar-refractivity contribution in [1.82, 2.24) is 15.8 Å². The maximum atomic E-state index is 11.8. The van der Waals surface area contributed by atoms with Gasteiger partial charge in [-0.05, 0) is 31.2 Å². The van der Waals surface area contributed by atoms with Crippen molar-refractivity contribution in [3.8, 4) is 0 Å². The van der Waals surface area contributed by atoms with Crippen LogP contribution in [0.1, 0.15) is 26.6 Å². The first-order valence-corrected chi connectivity index (χ1v) is 6.69. The van der Waals surface area contributed by atoms with Gasteiger partial charge in [0.05, 0.1) is 0 Å². The van der Waals surface area contributed by atoms with Crippen molar-refractivity contribution in [3.05, 3.63) is 52.4 Å². The number of rotatable bonds is 5. The summed E-state index contributed by atoms with van der Waals surface area (Å²) in [4.78, 5) is 23.4. The first kappa shape index (κ1) is 15.1. The number of nitrogens with one attached hydrogen (secondary N) is 2. The number of amides is 2. The quantitative estimate of drug-likeness (QED) is 0.825. The Morgan fingerprint density at radius 3 is 2.33 bits per heavy atom. The molecular weight excluding hydrogens is 294 g/mol.